The van der Waals surface area contributed by atoms with Gasteiger partial charge in [0.05, 0.1) is 11.0 Å². The zero-order chi connectivity index (χ0) is 15.6. The van der Waals surface area contributed by atoms with E-state index in [0.29, 0.717) is 0 Å². The van der Waals surface area contributed by atoms with E-state index in [4.69, 9.17) is 4.98 Å². The Hall–Kier alpha value is -2.52. The Kier molecular flexibility index (Phi) is 3.64. The smallest absolute Gasteiger partial charge is 0.111 e. The highest BCUT2D eigenvalue weighted by molar-refractivity contribution is 7.80. The van der Waals surface area contributed by atoms with Crippen molar-refractivity contribution >= 4 is 23.7 Å². The number of rotatable bonds is 3. The molecule has 0 aliphatic heterocycles. The maximum absolute atomic E-state index is 4.69. The van der Waals surface area contributed by atoms with Gasteiger partial charge in [0, 0.05) is 11.3 Å². The summed E-state index contributed by atoms with van der Waals surface area (Å²) in [6.07, 6.45) is 0.759. The lowest BCUT2D eigenvalue weighted by Gasteiger charge is -2.01. The molecular formula is C20H16N2S. The van der Waals surface area contributed by atoms with Crippen LogP contribution in [0.4, 0.5) is 0 Å². The first-order valence-corrected chi connectivity index (χ1v) is 8.05. The fourth-order valence-corrected chi connectivity index (χ4v) is 3.04. The van der Waals surface area contributed by atoms with E-state index in [0.717, 1.165) is 28.2 Å². The van der Waals surface area contributed by atoms with Crippen LogP contribution >= 0.6 is 12.6 Å². The van der Waals surface area contributed by atoms with Crippen molar-refractivity contribution in [3.63, 3.8) is 0 Å². The molecule has 0 fully saturated rings. The van der Waals surface area contributed by atoms with E-state index in [2.05, 4.69) is 66.1 Å². The van der Waals surface area contributed by atoms with E-state index in [1.165, 1.54) is 16.7 Å². The molecule has 0 spiro atoms. The van der Waals surface area contributed by atoms with Gasteiger partial charge in [0.25, 0.3) is 0 Å². The molecule has 3 aromatic carbocycles. The Morgan fingerprint density at radius 3 is 2.43 bits per heavy atom. The lowest BCUT2D eigenvalue weighted by Crippen LogP contribution is -1.91. The summed E-state index contributed by atoms with van der Waals surface area (Å²) in [5.74, 6) is 0.965. The number of nitrogens with zero attached hydrogens (tertiary/aromatic N) is 1. The number of nitrogens with one attached hydrogen (secondary N) is 1. The molecule has 0 atom stereocenters. The highest BCUT2D eigenvalue weighted by Crippen LogP contribution is 2.24. The quantitative estimate of drug-likeness (QED) is 0.505. The number of imidazole rings is 1. The maximum atomic E-state index is 4.69. The molecule has 2 nitrogen and oxygen atoms in total. The monoisotopic (exact) mass is 316 g/mol. The fourth-order valence-electron chi connectivity index (χ4n) is 2.80. The number of thiol groups is 1. The summed E-state index contributed by atoms with van der Waals surface area (Å²) in [5.41, 5.74) is 5.65. The van der Waals surface area contributed by atoms with Gasteiger partial charge in [-0.1, -0.05) is 54.6 Å². The molecule has 0 aliphatic rings. The molecule has 0 saturated heterocycles. The van der Waals surface area contributed by atoms with Gasteiger partial charge in [-0.25, -0.2) is 4.98 Å². The minimum absolute atomic E-state index is 0.759. The average Bonchev–Trinajstić information content (AvgIpc) is 2.99. The molecule has 1 aromatic heterocycles. The topological polar surface area (TPSA) is 28.7 Å². The zero-order valence-corrected chi connectivity index (χ0v) is 13.4. The third-order valence-electron chi connectivity index (χ3n) is 3.99. The van der Waals surface area contributed by atoms with Gasteiger partial charge in [0.15, 0.2) is 0 Å². The van der Waals surface area contributed by atoms with Crippen LogP contribution in [0.2, 0.25) is 0 Å². The Morgan fingerprint density at radius 1 is 0.826 bits per heavy atom. The SMILES string of the molecule is Sc1ccccc1Cc1nc2ccc(-c3ccccc3)cc2[nH]1. The normalized spacial score (nSPS) is 11.0. The van der Waals surface area contributed by atoms with E-state index < -0.39 is 0 Å². The van der Waals surface area contributed by atoms with Crippen LogP contribution in [0.1, 0.15) is 11.4 Å². The van der Waals surface area contributed by atoms with Crippen molar-refractivity contribution in [2.75, 3.05) is 0 Å². The third-order valence-corrected chi connectivity index (χ3v) is 4.42. The Bertz CT molecular complexity index is 958. The summed E-state index contributed by atoms with van der Waals surface area (Å²) in [5, 5.41) is 0. The summed E-state index contributed by atoms with van der Waals surface area (Å²) in [7, 11) is 0. The predicted octanol–water partition coefficient (Wildman–Crippen LogP) is 5.11. The van der Waals surface area contributed by atoms with Crippen molar-refractivity contribution in [1.82, 2.24) is 9.97 Å². The summed E-state index contributed by atoms with van der Waals surface area (Å²) in [6.45, 7) is 0. The van der Waals surface area contributed by atoms with Crippen LogP contribution in [-0.2, 0) is 6.42 Å². The van der Waals surface area contributed by atoms with Crippen molar-refractivity contribution < 1.29 is 0 Å². The van der Waals surface area contributed by atoms with Crippen LogP contribution in [0.25, 0.3) is 22.2 Å². The minimum Gasteiger partial charge on any atom is -0.342 e. The number of benzene rings is 3. The first kappa shape index (κ1) is 14.1. The molecule has 23 heavy (non-hydrogen) atoms. The molecular weight excluding hydrogens is 300 g/mol. The molecule has 1 heterocycles. The second kappa shape index (κ2) is 5.94. The van der Waals surface area contributed by atoms with Crippen LogP contribution in [-0.4, -0.2) is 9.97 Å². The number of aromatic amines is 1. The van der Waals surface area contributed by atoms with Crippen LogP contribution in [0.5, 0.6) is 0 Å². The molecule has 3 heteroatoms. The summed E-state index contributed by atoms with van der Waals surface area (Å²) in [4.78, 5) is 9.13. The van der Waals surface area contributed by atoms with Crippen molar-refractivity contribution in [2.24, 2.45) is 0 Å². The van der Waals surface area contributed by atoms with Crippen LogP contribution in [0, 0.1) is 0 Å². The minimum atomic E-state index is 0.759. The molecule has 4 aromatic rings. The van der Waals surface area contributed by atoms with Crippen LogP contribution in [0.15, 0.2) is 77.7 Å². The second-order valence-corrected chi connectivity index (χ2v) is 6.07. The van der Waals surface area contributed by atoms with E-state index in [1.54, 1.807) is 0 Å². The molecule has 0 saturated carbocycles. The van der Waals surface area contributed by atoms with E-state index in [1.807, 2.05) is 24.3 Å². The van der Waals surface area contributed by atoms with Gasteiger partial charge in [-0.15, -0.1) is 12.6 Å². The van der Waals surface area contributed by atoms with Gasteiger partial charge >= 0.3 is 0 Å². The molecule has 112 valence electrons. The maximum Gasteiger partial charge on any atom is 0.111 e. The van der Waals surface area contributed by atoms with E-state index >= 15 is 0 Å². The lowest BCUT2D eigenvalue weighted by molar-refractivity contribution is 1.01. The first-order valence-electron chi connectivity index (χ1n) is 7.60. The van der Waals surface area contributed by atoms with E-state index in [-0.39, 0.29) is 0 Å². The van der Waals surface area contributed by atoms with Gasteiger partial charge in [-0.2, -0.15) is 0 Å². The molecule has 0 amide bonds. The second-order valence-electron chi connectivity index (χ2n) is 5.59. The Morgan fingerprint density at radius 2 is 1.61 bits per heavy atom. The Labute approximate surface area is 140 Å². The summed E-state index contributed by atoms with van der Waals surface area (Å²) < 4.78 is 0. The predicted molar refractivity (Wildman–Crippen MR) is 98.0 cm³/mol. The van der Waals surface area contributed by atoms with Gasteiger partial charge in [-0.05, 0) is 34.9 Å². The molecule has 1 N–H and O–H groups in total. The fraction of sp³-hybridized carbons (Fsp3) is 0.0500. The van der Waals surface area contributed by atoms with Crippen molar-refractivity contribution in [2.45, 2.75) is 11.3 Å². The standard InChI is InChI=1S/C20H16N2S/c23-19-9-5-4-8-16(19)13-20-21-17-11-10-15(12-18(17)22-20)14-6-2-1-3-7-14/h1-12,23H,13H2,(H,21,22). The molecule has 0 bridgehead atoms. The highest BCUT2D eigenvalue weighted by Gasteiger charge is 2.07. The lowest BCUT2D eigenvalue weighted by atomic mass is 10.1. The van der Waals surface area contributed by atoms with E-state index in [9.17, 15) is 0 Å². The molecule has 0 radical (unpaired) electrons. The first-order chi connectivity index (χ1) is 11.3. The Balaban J connectivity index is 1.70. The number of hydrogen-bond donors (Lipinski definition) is 2. The van der Waals surface area contributed by atoms with Gasteiger partial charge in [0.2, 0.25) is 0 Å². The number of H-pyrrole nitrogens is 1. The number of aromatic nitrogens is 2. The molecule has 0 unspecified atom stereocenters. The van der Waals surface area contributed by atoms with Crippen LogP contribution in [0.3, 0.4) is 0 Å². The van der Waals surface area contributed by atoms with Gasteiger partial charge < -0.3 is 4.98 Å². The summed E-state index contributed by atoms with van der Waals surface area (Å²) in [6, 6.07) is 24.9. The van der Waals surface area contributed by atoms with Crippen LogP contribution < -0.4 is 0 Å². The van der Waals surface area contributed by atoms with Crippen molar-refractivity contribution in [3.05, 3.63) is 84.2 Å². The third kappa shape index (κ3) is 2.88. The van der Waals surface area contributed by atoms with Crippen molar-refractivity contribution in [1.29, 1.82) is 0 Å². The number of hydrogen-bond acceptors (Lipinski definition) is 2. The molecule has 0 aliphatic carbocycles. The largest absolute Gasteiger partial charge is 0.342 e. The average molecular weight is 316 g/mol. The van der Waals surface area contributed by atoms with Crippen molar-refractivity contribution in [3.8, 4) is 11.1 Å². The van der Waals surface area contributed by atoms with Gasteiger partial charge in [-0.3, -0.25) is 0 Å². The number of fused-ring (bicyclic) bond motifs is 1. The highest BCUT2D eigenvalue weighted by atomic mass is 32.1. The van der Waals surface area contributed by atoms with Gasteiger partial charge in [0.1, 0.15) is 5.82 Å². The molecule has 4 rings (SSSR count). The summed E-state index contributed by atoms with van der Waals surface area (Å²) >= 11 is 4.51. The zero-order valence-electron chi connectivity index (χ0n) is 12.5.